The van der Waals surface area contributed by atoms with E-state index in [1.54, 1.807) is 42.3 Å². The van der Waals surface area contributed by atoms with Crippen molar-refractivity contribution in [1.29, 1.82) is 0 Å². The highest BCUT2D eigenvalue weighted by atomic mass is 19.4. The largest absolute Gasteiger partial charge is 0.417 e. The Morgan fingerprint density at radius 1 is 1.03 bits per heavy atom. The molecule has 11 heteroatoms. The molecule has 0 spiro atoms. The van der Waals surface area contributed by atoms with E-state index in [9.17, 15) is 18.0 Å². The molecule has 0 saturated heterocycles. The van der Waals surface area contributed by atoms with E-state index in [1.165, 1.54) is 18.2 Å². The Labute approximate surface area is 215 Å². The van der Waals surface area contributed by atoms with Crippen LogP contribution in [-0.4, -0.2) is 30.6 Å². The number of amides is 1. The number of halogens is 3. The van der Waals surface area contributed by atoms with Crippen LogP contribution in [0.1, 0.15) is 27.2 Å². The molecule has 0 unspecified atom stereocenters. The van der Waals surface area contributed by atoms with Crippen molar-refractivity contribution in [2.24, 2.45) is 12.8 Å². The van der Waals surface area contributed by atoms with Crippen LogP contribution in [0, 0.1) is 13.8 Å². The molecular weight excluding hydrogens is 495 g/mol. The molecular formula is C27H22F3N7O. The van der Waals surface area contributed by atoms with Gasteiger partial charge in [0.1, 0.15) is 5.82 Å². The number of aryl methyl sites for hydroxylation is 3. The van der Waals surface area contributed by atoms with E-state index in [4.69, 9.17) is 5.73 Å². The van der Waals surface area contributed by atoms with Gasteiger partial charge in [-0.1, -0.05) is 18.2 Å². The molecule has 0 radical (unpaired) electrons. The molecule has 0 aliphatic rings. The van der Waals surface area contributed by atoms with Crippen LogP contribution in [0.3, 0.4) is 0 Å². The number of hydrogen-bond acceptors (Lipinski definition) is 6. The van der Waals surface area contributed by atoms with E-state index in [1.807, 2.05) is 19.9 Å². The van der Waals surface area contributed by atoms with Crippen molar-refractivity contribution in [3.63, 3.8) is 0 Å². The number of carbonyl (C=O) groups excluding carboxylic acids is 1. The van der Waals surface area contributed by atoms with Crippen molar-refractivity contribution in [2.75, 3.05) is 5.32 Å². The molecule has 0 atom stereocenters. The fourth-order valence-corrected chi connectivity index (χ4v) is 4.34. The minimum absolute atomic E-state index is 0.205. The fourth-order valence-electron chi connectivity index (χ4n) is 4.34. The van der Waals surface area contributed by atoms with E-state index in [0.29, 0.717) is 28.1 Å². The summed E-state index contributed by atoms with van der Waals surface area (Å²) in [7, 11) is 1.81. The van der Waals surface area contributed by atoms with Gasteiger partial charge >= 0.3 is 6.18 Å². The smallest absolute Gasteiger partial charge is 0.366 e. The van der Waals surface area contributed by atoms with Gasteiger partial charge in [-0.3, -0.25) is 14.5 Å². The second-order valence-electron chi connectivity index (χ2n) is 8.86. The maximum Gasteiger partial charge on any atom is 0.417 e. The molecule has 38 heavy (non-hydrogen) atoms. The number of fused-ring (bicyclic) bond motifs is 1. The Morgan fingerprint density at radius 2 is 1.82 bits per heavy atom. The molecule has 8 nitrogen and oxygen atoms in total. The fraction of sp³-hybridized carbons (Fsp3) is 0.148. The summed E-state index contributed by atoms with van der Waals surface area (Å²) in [4.78, 5) is 25.4. The van der Waals surface area contributed by atoms with Crippen LogP contribution in [0.4, 0.5) is 24.9 Å². The maximum atomic E-state index is 13.9. The number of nitrogens with one attached hydrogen (secondary N) is 1. The first-order chi connectivity index (χ1) is 18.0. The van der Waals surface area contributed by atoms with Gasteiger partial charge < -0.3 is 11.1 Å². The molecule has 0 bridgehead atoms. The van der Waals surface area contributed by atoms with Gasteiger partial charge in [-0.05, 0) is 49.2 Å². The summed E-state index contributed by atoms with van der Waals surface area (Å²) < 4.78 is 43.3. The van der Waals surface area contributed by atoms with Crippen LogP contribution in [0.25, 0.3) is 33.3 Å². The molecule has 5 aromatic rings. The number of rotatable bonds is 5. The van der Waals surface area contributed by atoms with Crippen LogP contribution < -0.4 is 11.1 Å². The summed E-state index contributed by atoms with van der Waals surface area (Å²) in [5, 5.41) is 8.10. The number of benzene rings is 2. The van der Waals surface area contributed by atoms with Crippen molar-refractivity contribution >= 4 is 28.6 Å². The molecule has 3 N–H and O–H groups in total. The predicted octanol–water partition coefficient (Wildman–Crippen LogP) is 5.57. The van der Waals surface area contributed by atoms with Crippen molar-refractivity contribution in [3.8, 4) is 22.4 Å². The number of hydrogen-bond donors (Lipinski definition) is 2. The number of pyridine rings is 1. The lowest BCUT2D eigenvalue weighted by atomic mass is 9.90. The zero-order valence-corrected chi connectivity index (χ0v) is 20.6. The number of primary amides is 1. The standard InChI is InChI=1S/C27H22F3N7O/c1-14-7-8-16(24-18(25(31)38)5-4-6-20(24)27(28,29)30)10-19(14)21-11-17-12-33-26(34-22(17)13-32-21)35-23-9-15(2)36-37(23)3/h4-13H,1-3H3,(H2,31,38)(H,33,34,35). The van der Waals surface area contributed by atoms with E-state index in [-0.39, 0.29) is 16.7 Å². The summed E-state index contributed by atoms with van der Waals surface area (Å²) in [6.45, 7) is 3.71. The van der Waals surface area contributed by atoms with E-state index in [2.05, 4.69) is 25.4 Å². The lowest BCUT2D eigenvalue weighted by Crippen LogP contribution is -2.16. The molecule has 0 aliphatic carbocycles. The first kappa shape index (κ1) is 24.9. The molecule has 5 rings (SSSR count). The Morgan fingerprint density at radius 3 is 2.50 bits per heavy atom. The van der Waals surface area contributed by atoms with Gasteiger partial charge in [0.2, 0.25) is 11.9 Å². The average Bonchev–Trinajstić information content (AvgIpc) is 3.19. The zero-order chi connectivity index (χ0) is 27.2. The first-order valence-electron chi connectivity index (χ1n) is 11.5. The minimum Gasteiger partial charge on any atom is -0.366 e. The average molecular weight is 518 g/mol. The molecule has 3 aromatic heterocycles. The van der Waals surface area contributed by atoms with Gasteiger partial charge in [0.25, 0.3) is 0 Å². The second-order valence-corrected chi connectivity index (χ2v) is 8.86. The SMILES string of the molecule is Cc1cc(Nc2ncc3cc(-c4cc(-c5c(C(N)=O)cccc5C(F)(F)F)ccc4C)ncc3n2)n(C)n1. The third-order valence-corrected chi connectivity index (χ3v) is 6.15. The van der Waals surface area contributed by atoms with Crippen molar-refractivity contribution in [2.45, 2.75) is 20.0 Å². The van der Waals surface area contributed by atoms with Crippen molar-refractivity contribution in [1.82, 2.24) is 24.7 Å². The van der Waals surface area contributed by atoms with E-state index >= 15 is 0 Å². The number of anilines is 2. The minimum atomic E-state index is -4.68. The molecule has 0 saturated carbocycles. The Bertz CT molecular complexity index is 1710. The van der Waals surface area contributed by atoms with Gasteiger partial charge in [-0.25, -0.2) is 9.97 Å². The van der Waals surface area contributed by atoms with Crippen molar-refractivity contribution in [3.05, 3.63) is 83.3 Å². The summed E-state index contributed by atoms with van der Waals surface area (Å²) >= 11 is 0. The molecule has 0 aliphatic heterocycles. The van der Waals surface area contributed by atoms with Crippen LogP contribution >= 0.6 is 0 Å². The molecule has 3 heterocycles. The highest BCUT2D eigenvalue weighted by Crippen LogP contribution is 2.40. The van der Waals surface area contributed by atoms with Crippen LogP contribution in [0.15, 0.2) is 60.9 Å². The lowest BCUT2D eigenvalue weighted by Gasteiger charge is -2.17. The Kier molecular flexibility index (Phi) is 6.06. The second kappa shape index (κ2) is 9.25. The van der Waals surface area contributed by atoms with Crippen LogP contribution in [0.5, 0.6) is 0 Å². The number of carbonyl (C=O) groups is 1. The summed E-state index contributed by atoms with van der Waals surface area (Å²) in [6, 6.07) is 11.8. The van der Waals surface area contributed by atoms with Gasteiger partial charge in [0.15, 0.2) is 0 Å². The monoisotopic (exact) mass is 517 g/mol. The predicted molar refractivity (Wildman–Crippen MR) is 138 cm³/mol. The third kappa shape index (κ3) is 4.65. The number of aromatic nitrogens is 5. The van der Waals surface area contributed by atoms with Crippen LogP contribution in [-0.2, 0) is 13.2 Å². The number of nitrogens with zero attached hydrogens (tertiary/aromatic N) is 5. The summed E-state index contributed by atoms with van der Waals surface area (Å²) in [5.74, 6) is 0.157. The van der Waals surface area contributed by atoms with Gasteiger partial charge in [0.05, 0.1) is 28.7 Å². The van der Waals surface area contributed by atoms with E-state index in [0.717, 1.165) is 23.1 Å². The Balaban J connectivity index is 1.57. The van der Waals surface area contributed by atoms with E-state index < -0.39 is 17.6 Å². The highest BCUT2D eigenvalue weighted by Gasteiger charge is 2.35. The quantitative estimate of drug-likeness (QED) is 0.315. The molecule has 192 valence electrons. The molecule has 2 aromatic carbocycles. The highest BCUT2D eigenvalue weighted by molar-refractivity contribution is 6.01. The first-order valence-corrected chi connectivity index (χ1v) is 11.5. The zero-order valence-electron chi connectivity index (χ0n) is 20.6. The normalized spacial score (nSPS) is 11.6. The van der Waals surface area contributed by atoms with Gasteiger partial charge in [-0.2, -0.15) is 18.3 Å². The Hall–Kier alpha value is -4.80. The molecule has 1 amide bonds. The number of nitrogens with two attached hydrogens (primary N) is 1. The van der Waals surface area contributed by atoms with Gasteiger partial charge in [-0.15, -0.1) is 0 Å². The summed E-state index contributed by atoms with van der Waals surface area (Å²) in [6.07, 6.45) is -1.46. The van der Waals surface area contributed by atoms with Crippen LogP contribution in [0.2, 0.25) is 0 Å². The lowest BCUT2D eigenvalue weighted by molar-refractivity contribution is -0.137. The third-order valence-electron chi connectivity index (χ3n) is 6.15. The summed E-state index contributed by atoms with van der Waals surface area (Å²) in [5.41, 5.74) is 7.57. The maximum absolute atomic E-state index is 13.9. The van der Waals surface area contributed by atoms with Crippen molar-refractivity contribution < 1.29 is 18.0 Å². The van der Waals surface area contributed by atoms with Gasteiger partial charge in [0, 0.05) is 41.4 Å². The number of alkyl halides is 3. The molecule has 0 fully saturated rings. The topological polar surface area (TPSA) is 112 Å².